The monoisotopic (exact) mass is 388 g/mol. The fourth-order valence-corrected chi connectivity index (χ4v) is 2.92. The summed E-state index contributed by atoms with van der Waals surface area (Å²) in [5, 5.41) is 11.8. The van der Waals surface area contributed by atoms with E-state index in [1.54, 1.807) is 5.48 Å². The van der Waals surface area contributed by atoms with Crippen molar-refractivity contribution in [3.05, 3.63) is 63.9 Å². The Morgan fingerprint density at radius 1 is 1.25 bits per heavy atom. The summed E-state index contributed by atoms with van der Waals surface area (Å²) in [7, 11) is 0. The molecule has 0 spiro atoms. The molecule has 0 aliphatic heterocycles. The van der Waals surface area contributed by atoms with Crippen LogP contribution in [0.4, 0.5) is 5.82 Å². The van der Waals surface area contributed by atoms with E-state index in [-0.39, 0.29) is 6.54 Å². The first-order valence-corrected chi connectivity index (χ1v) is 8.26. The van der Waals surface area contributed by atoms with Gasteiger partial charge in [0.15, 0.2) is 0 Å². The average Bonchev–Trinajstić information content (AvgIpc) is 2.95. The highest BCUT2D eigenvalue weighted by atomic mass is 79.9. The molecule has 3 rings (SSSR count). The number of carbonyl (C=O) groups excluding carboxylic acids is 1. The lowest BCUT2D eigenvalue weighted by Gasteiger charge is -2.10. The van der Waals surface area contributed by atoms with Crippen molar-refractivity contribution in [3.8, 4) is 0 Å². The number of benzene rings is 1. The van der Waals surface area contributed by atoms with E-state index in [9.17, 15) is 4.79 Å². The van der Waals surface area contributed by atoms with Crippen LogP contribution in [0, 0.1) is 6.92 Å². The zero-order chi connectivity index (χ0) is 17.1. The number of pyridine rings is 1. The number of carbonyl (C=O) groups is 1. The van der Waals surface area contributed by atoms with E-state index < -0.39 is 5.91 Å². The van der Waals surface area contributed by atoms with Crippen molar-refractivity contribution >= 4 is 33.3 Å². The first-order valence-electron chi connectivity index (χ1n) is 7.47. The Kier molecular flexibility index (Phi) is 4.82. The number of hydrogen-bond donors (Lipinski definition) is 3. The maximum Gasteiger partial charge on any atom is 0.262 e. The normalized spacial score (nSPS) is 10.8. The number of rotatable bonds is 5. The second-order valence-corrected chi connectivity index (χ2v) is 6.27. The molecule has 0 radical (unpaired) electrons. The highest BCUT2D eigenvalue weighted by Gasteiger charge is 2.16. The van der Waals surface area contributed by atoms with Gasteiger partial charge in [-0.15, -0.1) is 0 Å². The van der Waals surface area contributed by atoms with Gasteiger partial charge in [0.25, 0.3) is 5.91 Å². The standard InChI is InChI=1S/C17H17BrN4O2/c1-11-13(18)7-8-15-20-14(9-12-5-3-2-4-6-12)17(22(11)15)19-10-16(23)21-24/h2-8,19,24H,9-10H2,1H3,(H,21,23). The molecule has 7 heteroatoms. The minimum absolute atomic E-state index is 0.0436. The minimum Gasteiger partial charge on any atom is -0.360 e. The van der Waals surface area contributed by atoms with E-state index in [0.717, 1.165) is 32.9 Å². The molecule has 0 unspecified atom stereocenters. The van der Waals surface area contributed by atoms with Gasteiger partial charge in [0.05, 0.1) is 12.2 Å². The van der Waals surface area contributed by atoms with E-state index in [0.29, 0.717) is 6.42 Å². The van der Waals surface area contributed by atoms with Crippen molar-refractivity contribution in [2.75, 3.05) is 11.9 Å². The topological polar surface area (TPSA) is 78.7 Å². The van der Waals surface area contributed by atoms with Gasteiger partial charge in [0.2, 0.25) is 0 Å². The quantitative estimate of drug-likeness (QED) is 0.463. The van der Waals surface area contributed by atoms with Crippen molar-refractivity contribution in [2.24, 2.45) is 0 Å². The number of nitrogens with zero attached hydrogens (tertiary/aromatic N) is 2. The number of fused-ring (bicyclic) bond motifs is 1. The Morgan fingerprint density at radius 3 is 2.71 bits per heavy atom. The van der Waals surface area contributed by atoms with Crippen LogP contribution in [0.2, 0.25) is 0 Å². The van der Waals surface area contributed by atoms with E-state index in [4.69, 9.17) is 10.2 Å². The fourth-order valence-electron chi connectivity index (χ4n) is 2.61. The van der Waals surface area contributed by atoms with Crippen molar-refractivity contribution in [3.63, 3.8) is 0 Å². The molecule has 0 fully saturated rings. The van der Waals surface area contributed by atoms with Crippen LogP contribution >= 0.6 is 15.9 Å². The zero-order valence-electron chi connectivity index (χ0n) is 13.1. The van der Waals surface area contributed by atoms with Crippen LogP contribution in [0.15, 0.2) is 46.9 Å². The Bertz CT molecular complexity index is 877. The third-order valence-electron chi connectivity index (χ3n) is 3.79. The third-order valence-corrected chi connectivity index (χ3v) is 4.63. The van der Waals surface area contributed by atoms with E-state index in [1.165, 1.54) is 0 Å². The molecule has 24 heavy (non-hydrogen) atoms. The van der Waals surface area contributed by atoms with Gasteiger partial charge in [0.1, 0.15) is 11.5 Å². The number of halogens is 1. The van der Waals surface area contributed by atoms with Gasteiger partial charge >= 0.3 is 0 Å². The van der Waals surface area contributed by atoms with Gasteiger partial charge in [-0.3, -0.25) is 14.4 Å². The lowest BCUT2D eigenvalue weighted by Crippen LogP contribution is -2.27. The number of nitrogens with one attached hydrogen (secondary N) is 2. The summed E-state index contributed by atoms with van der Waals surface area (Å²) in [6, 6.07) is 13.9. The summed E-state index contributed by atoms with van der Waals surface area (Å²) in [5.74, 6) is 0.236. The maximum atomic E-state index is 11.4. The van der Waals surface area contributed by atoms with Crippen LogP contribution in [0.5, 0.6) is 0 Å². The molecule has 2 heterocycles. The summed E-state index contributed by atoms with van der Waals surface area (Å²) >= 11 is 3.52. The molecule has 0 atom stereocenters. The molecule has 0 aliphatic carbocycles. The Morgan fingerprint density at radius 2 is 2.00 bits per heavy atom. The molecular weight excluding hydrogens is 372 g/mol. The molecule has 3 N–H and O–H groups in total. The fraction of sp³-hybridized carbons (Fsp3) is 0.176. The van der Waals surface area contributed by atoms with E-state index >= 15 is 0 Å². The molecule has 0 bridgehead atoms. The molecule has 0 saturated carbocycles. The van der Waals surface area contributed by atoms with Crippen LogP contribution in [0.3, 0.4) is 0 Å². The highest BCUT2D eigenvalue weighted by Crippen LogP contribution is 2.26. The number of anilines is 1. The lowest BCUT2D eigenvalue weighted by molar-refractivity contribution is -0.127. The van der Waals surface area contributed by atoms with Crippen molar-refractivity contribution in [1.82, 2.24) is 14.9 Å². The van der Waals surface area contributed by atoms with Crippen LogP contribution in [0.1, 0.15) is 17.0 Å². The van der Waals surface area contributed by atoms with Gasteiger partial charge in [0, 0.05) is 16.6 Å². The minimum atomic E-state index is -0.511. The largest absolute Gasteiger partial charge is 0.360 e. The summed E-state index contributed by atoms with van der Waals surface area (Å²) in [6.45, 7) is 1.93. The Labute approximate surface area is 147 Å². The number of hydrogen-bond acceptors (Lipinski definition) is 4. The number of hydroxylamine groups is 1. The van der Waals surface area contributed by atoms with Gasteiger partial charge in [-0.05, 0) is 40.5 Å². The van der Waals surface area contributed by atoms with Crippen molar-refractivity contribution < 1.29 is 10.0 Å². The molecule has 0 aliphatic rings. The lowest BCUT2D eigenvalue weighted by atomic mass is 10.1. The van der Waals surface area contributed by atoms with Crippen molar-refractivity contribution in [2.45, 2.75) is 13.3 Å². The predicted molar refractivity (Wildman–Crippen MR) is 95.3 cm³/mol. The third kappa shape index (κ3) is 3.27. The van der Waals surface area contributed by atoms with Crippen molar-refractivity contribution in [1.29, 1.82) is 0 Å². The van der Waals surface area contributed by atoms with Crippen LogP contribution in [-0.2, 0) is 11.2 Å². The SMILES string of the molecule is Cc1c(Br)ccc2nc(Cc3ccccc3)c(NCC(=O)NO)n12. The van der Waals surface area contributed by atoms with E-state index in [2.05, 4.69) is 21.2 Å². The summed E-state index contributed by atoms with van der Waals surface area (Å²) in [4.78, 5) is 16.1. The number of amides is 1. The first kappa shape index (κ1) is 16.5. The van der Waals surface area contributed by atoms with Gasteiger partial charge in [-0.1, -0.05) is 30.3 Å². The Hall–Kier alpha value is -2.38. The van der Waals surface area contributed by atoms with Crippen LogP contribution in [0.25, 0.3) is 5.65 Å². The molecule has 6 nitrogen and oxygen atoms in total. The highest BCUT2D eigenvalue weighted by molar-refractivity contribution is 9.10. The molecular formula is C17H17BrN4O2. The molecule has 2 aromatic heterocycles. The summed E-state index contributed by atoms with van der Waals surface area (Å²) < 4.78 is 2.92. The molecule has 0 saturated heterocycles. The molecule has 3 aromatic rings. The number of imidazole rings is 1. The van der Waals surface area contributed by atoms with E-state index in [1.807, 2.05) is 53.8 Å². The zero-order valence-corrected chi connectivity index (χ0v) is 14.7. The smallest absolute Gasteiger partial charge is 0.262 e. The average molecular weight is 389 g/mol. The predicted octanol–water partition coefficient (Wildman–Crippen LogP) is 2.91. The van der Waals surface area contributed by atoms with Crippen LogP contribution < -0.4 is 10.8 Å². The molecule has 1 aromatic carbocycles. The maximum absolute atomic E-state index is 11.4. The molecule has 1 amide bonds. The van der Waals surface area contributed by atoms with Gasteiger partial charge in [-0.2, -0.15) is 0 Å². The first-order chi connectivity index (χ1) is 11.6. The Balaban J connectivity index is 2.06. The second kappa shape index (κ2) is 7.02. The summed E-state index contributed by atoms with van der Waals surface area (Å²) in [5.41, 5.74) is 5.38. The van der Waals surface area contributed by atoms with Crippen LogP contribution in [-0.4, -0.2) is 27.0 Å². The molecule has 124 valence electrons. The summed E-state index contributed by atoms with van der Waals surface area (Å²) in [6.07, 6.45) is 0.642. The number of aromatic nitrogens is 2. The van der Waals surface area contributed by atoms with Gasteiger partial charge < -0.3 is 5.32 Å². The van der Waals surface area contributed by atoms with Gasteiger partial charge in [-0.25, -0.2) is 10.5 Å². The number of aryl methyl sites for hydroxylation is 1. The second-order valence-electron chi connectivity index (χ2n) is 5.42.